The van der Waals surface area contributed by atoms with Crippen LogP contribution in [-0.4, -0.2) is 96.3 Å². The first-order chi connectivity index (χ1) is 15.4. The molecule has 3 aliphatic rings. The van der Waals surface area contributed by atoms with E-state index in [0.29, 0.717) is 18.3 Å². The number of hydrogen-bond acceptors (Lipinski definition) is 6. The van der Waals surface area contributed by atoms with Gasteiger partial charge in [-0.15, -0.1) is 7.92 Å². The summed E-state index contributed by atoms with van der Waals surface area (Å²) in [4.78, 5) is 0. The van der Waals surface area contributed by atoms with E-state index >= 15 is 0 Å². The third-order valence-electron chi connectivity index (χ3n) is 5.91. The predicted octanol–water partition coefficient (Wildman–Crippen LogP) is 4.23. The zero-order valence-electron chi connectivity index (χ0n) is 19.5. The third kappa shape index (κ3) is 15.6. The van der Waals surface area contributed by atoms with Crippen LogP contribution in [0.3, 0.4) is 0 Å². The summed E-state index contributed by atoms with van der Waals surface area (Å²) < 4.78 is 32.5. The predicted molar refractivity (Wildman–Crippen MR) is 125 cm³/mol. The van der Waals surface area contributed by atoms with E-state index in [0.717, 1.165) is 59.5 Å². The fourth-order valence-corrected chi connectivity index (χ4v) is 6.30. The van der Waals surface area contributed by atoms with Crippen LogP contribution in [-0.2, 0) is 28.4 Å². The van der Waals surface area contributed by atoms with E-state index in [9.17, 15) is 0 Å². The molecule has 3 heterocycles. The van der Waals surface area contributed by atoms with Crippen LogP contribution in [0.15, 0.2) is 0 Å². The van der Waals surface area contributed by atoms with Gasteiger partial charge in [-0.25, -0.2) is 0 Å². The molecule has 3 aliphatic heterocycles. The lowest BCUT2D eigenvalue weighted by Gasteiger charge is -2.18. The molecule has 3 rings (SSSR count). The van der Waals surface area contributed by atoms with Crippen LogP contribution in [0.5, 0.6) is 0 Å². The Bertz CT molecular complexity index is 366. The molecule has 7 heteroatoms. The van der Waals surface area contributed by atoms with Crippen LogP contribution in [0.2, 0.25) is 0 Å². The van der Waals surface area contributed by atoms with E-state index in [1.165, 1.54) is 76.3 Å². The Kier molecular flexibility index (Phi) is 13.9. The molecule has 0 N–H and O–H groups in total. The molecule has 3 saturated heterocycles. The largest absolute Gasteiger partial charge is 0.379 e. The molecule has 0 aliphatic carbocycles. The Morgan fingerprint density at radius 1 is 0.484 bits per heavy atom. The van der Waals surface area contributed by atoms with Crippen molar-refractivity contribution >= 4 is 7.92 Å². The average Bonchev–Trinajstić information content (AvgIpc) is 3.62. The van der Waals surface area contributed by atoms with Gasteiger partial charge in [0.25, 0.3) is 0 Å². The summed E-state index contributed by atoms with van der Waals surface area (Å²) in [5.41, 5.74) is 0. The van der Waals surface area contributed by atoms with Gasteiger partial charge in [0, 0.05) is 19.8 Å². The highest BCUT2D eigenvalue weighted by atomic mass is 31.1. The summed E-state index contributed by atoms with van der Waals surface area (Å²) in [5.74, 6) is 0. The average molecular weight is 461 g/mol. The Morgan fingerprint density at radius 3 is 1.10 bits per heavy atom. The Balaban J connectivity index is 1.15. The highest BCUT2D eigenvalue weighted by Gasteiger charge is 2.23. The van der Waals surface area contributed by atoms with E-state index in [1.807, 2.05) is 0 Å². The number of rotatable bonds is 24. The molecule has 3 unspecified atom stereocenters. The van der Waals surface area contributed by atoms with Crippen molar-refractivity contribution in [2.75, 3.05) is 77.9 Å². The fourth-order valence-electron chi connectivity index (χ4n) is 3.62. The topological polar surface area (TPSA) is 65.3 Å². The van der Waals surface area contributed by atoms with E-state index in [4.69, 9.17) is 28.4 Å². The lowest BCUT2D eigenvalue weighted by Crippen LogP contribution is -2.04. The summed E-state index contributed by atoms with van der Waals surface area (Å²) in [7, 11) is 0.183. The molecule has 3 fully saturated rings. The maximum Gasteiger partial charge on any atom is 0.104 e. The standard InChI is InChI=1S/C24H45O6P/c1(4-10-25-16-22-19-28-22)7-13-31(14-8-2-5-11-26-17-23-20-29-23)15-9-3-6-12-27-18-24-21-30-24/h22-24H,1-21H2. The molecule has 0 radical (unpaired) electrons. The van der Waals surface area contributed by atoms with Gasteiger partial charge in [0.2, 0.25) is 0 Å². The van der Waals surface area contributed by atoms with E-state index in [-0.39, 0.29) is 7.92 Å². The lowest BCUT2D eigenvalue weighted by atomic mass is 10.2. The Labute approximate surface area is 190 Å². The van der Waals surface area contributed by atoms with Gasteiger partial charge >= 0.3 is 0 Å². The van der Waals surface area contributed by atoms with Crippen LogP contribution < -0.4 is 0 Å². The molecule has 0 spiro atoms. The van der Waals surface area contributed by atoms with Crippen molar-refractivity contribution in [3.8, 4) is 0 Å². The second-order valence-corrected chi connectivity index (χ2v) is 11.8. The smallest absolute Gasteiger partial charge is 0.104 e. The summed E-state index contributed by atoms with van der Waals surface area (Å²) in [6, 6.07) is 0. The molecule has 3 atom stereocenters. The second kappa shape index (κ2) is 16.7. The number of unbranched alkanes of at least 4 members (excludes halogenated alkanes) is 6. The lowest BCUT2D eigenvalue weighted by molar-refractivity contribution is 0.113. The Hall–Kier alpha value is 0.190. The van der Waals surface area contributed by atoms with Crippen molar-refractivity contribution in [1.82, 2.24) is 0 Å². The molecule has 0 amide bonds. The number of epoxide rings is 3. The zero-order chi connectivity index (χ0) is 21.4. The normalized spacial score (nSPS) is 25.0. The van der Waals surface area contributed by atoms with Crippen LogP contribution in [0.4, 0.5) is 0 Å². The minimum absolute atomic E-state index is 0.183. The molecule has 0 aromatic rings. The fraction of sp³-hybridized carbons (Fsp3) is 1.00. The molecule has 0 aromatic carbocycles. The van der Waals surface area contributed by atoms with Crippen LogP contribution in [0, 0.1) is 0 Å². The van der Waals surface area contributed by atoms with Gasteiger partial charge < -0.3 is 28.4 Å². The van der Waals surface area contributed by atoms with Gasteiger partial charge in [0.1, 0.15) is 18.3 Å². The van der Waals surface area contributed by atoms with Crippen molar-refractivity contribution < 1.29 is 28.4 Å². The third-order valence-corrected chi connectivity index (χ3v) is 8.75. The van der Waals surface area contributed by atoms with Crippen molar-refractivity contribution in [3.63, 3.8) is 0 Å². The van der Waals surface area contributed by atoms with E-state index in [2.05, 4.69) is 0 Å². The van der Waals surface area contributed by atoms with Crippen molar-refractivity contribution in [2.45, 2.75) is 76.1 Å². The second-order valence-electron chi connectivity index (χ2n) is 9.11. The number of ether oxygens (including phenoxy) is 6. The van der Waals surface area contributed by atoms with Crippen molar-refractivity contribution in [2.24, 2.45) is 0 Å². The first kappa shape index (κ1) is 25.8. The monoisotopic (exact) mass is 460 g/mol. The van der Waals surface area contributed by atoms with Gasteiger partial charge in [-0.2, -0.15) is 0 Å². The maximum absolute atomic E-state index is 5.67. The van der Waals surface area contributed by atoms with E-state index in [1.54, 1.807) is 0 Å². The first-order valence-electron chi connectivity index (χ1n) is 12.7. The van der Waals surface area contributed by atoms with Gasteiger partial charge in [0.15, 0.2) is 0 Å². The van der Waals surface area contributed by atoms with Crippen LogP contribution >= 0.6 is 7.92 Å². The van der Waals surface area contributed by atoms with Crippen LogP contribution in [0.25, 0.3) is 0 Å². The van der Waals surface area contributed by atoms with Gasteiger partial charge in [-0.3, -0.25) is 0 Å². The molecular formula is C24H45O6P. The molecule has 0 bridgehead atoms. The van der Waals surface area contributed by atoms with Crippen molar-refractivity contribution in [1.29, 1.82) is 0 Å². The SMILES string of the molecule is C(CCOCC1CO1)CCP(CCCCCOCC1CO1)CCCCCOCC1CO1. The minimum atomic E-state index is 0.183. The zero-order valence-corrected chi connectivity index (χ0v) is 20.4. The van der Waals surface area contributed by atoms with E-state index < -0.39 is 0 Å². The summed E-state index contributed by atoms with van der Waals surface area (Å²) in [6.07, 6.45) is 17.1. The van der Waals surface area contributed by atoms with Gasteiger partial charge in [-0.1, -0.05) is 19.3 Å². The maximum atomic E-state index is 5.67. The van der Waals surface area contributed by atoms with Gasteiger partial charge in [-0.05, 0) is 57.0 Å². The molecule has 0 saturated carbocycles. The minimum Gasteiger partial charge on any atom is -0.379 e. The quantitative estimate of drug-likeness (QED) is 0.122. The molecule has 31 heavy (non-hydrogen) atoms. The van der Waals surface area contributed by atoms with Gasteiger partial charge in [0.05, 0.1) is 39.6 Å². The molecule has 0 aromatic heterocycles. The Morgan fingerprint density at radius 2 is 0.806 bits per heavy atom. The summed E-state index contributed by atoms with van der Waals surface area (Å²) in [5, 5.41) is 0. The first-order valence-corrected chi connectivity index (χ1v) is 14.6. The van der Waals surface area contributed by atoms with Crippen molar-refractivity contribution in [3.05, 3.63) is 0 Å². The molecule has 6 nitrogen and oxygen atoms in total. The number of hydrogen-bond donors (Lipinski definition) is 0. The summed E-state index contributed by atoms with van der Waals surface area (Å²) >= 11 is 0. The highest BCUT2D eigenvalue weighted by Crippen LogP contribution is 2.39. The molecule has 182 valence electrons. The highest BCUT2D eigenvalue weighted by molar-refractivity contribution is 7.57. The van der Waals surface area contributed by atoms with Crippen LogP contribution in [0.1, 0.15) is 57.8 Å². The molecular weight excluding hydrogens is 415 g/mol. The summed E-state index contributed by atoms with van der Waals surface area (Å²) in [6.45, 7) is 7.76.